The van der Waals surface area contributed by atoms with Crippen LogP contribution in [0, 0.1) is 5.92 Å². The molecule has 0 bridgehead atoms. The quantitative estimate of drug-likeness (QED) is 0.206. The van der Waals surface area contributed by atoms with Gasteiger partial charge in [-0.2, -0.15) is 0 Å². The fourth-order valence-corrected chi connectivity index (χ4v) is 3.08. The van der Waals surface area contributed by atoms with E-state index in [0.717, 1.165) is 5.56 Å². The number of nitrogens with two attached hydrogens (primary N) is 1. The van der Waals surface area contributed by atoms with Gasteiger partial charge in [-0.3, -0.25) is 14.4 Å². The molecule has 0 aromatic heterocycles. The molecule has 0 aliphatic heterocycles. The third-order valence-corrected chi connectivity index (χ3v) is 5.19. The van der Waals surface area contributed by atoms with Crippen molar-refractivity contribution >= 4 is 24.0 Å². The molecule has 0 aliphatic carbocycles. The van der Waals surface area contributed by atoms with Crippen molar-refractivity contribution in [3.05, 3.63) is 29.8 Å². The van der Waals surface area contributed by atoms with E-state index in [2.05, 4.69) is 16.0 Å². The average molecular weight is 465 g/mol. The van der Waals surface area contributed by atoms with Gasteiger partial charge in [0.25, 0.3) is 0 Å². The lowest BCUT2D eigenvalue weighted by Gasteiger charge is -2.26. The smallest absolute Gasteiger partial charge is 0.242 e. The van der Waals surface area contributed by atoms with Gasteiger partial charge >= 0.3 is 0 Å². The van der Waals surface area contributed by atoms with Gasteiger partial charge in [-0.1, -0.05) is 26.0 Å². The molecule has 184 valence electrons. The van der Waals surface area contributed by atoms with E-state index >= 15 is 0 Å². The number of benzene rings is 1. The molecule has 1 rings (SSSR count). The topological polar surface area (TPSA) is 171 Å². The van der Waals surface area contributed by atoms with Gasteiger partial charge < -0.3 is 36.7 Å². The summed E-state index contributed by atoms with van der Waals surface area (Å²) >= 11 is 0. The predicted octanol–water partition coefficient (Wildman–Crippen LogP) is -0.246. The zero-order valence-corrected chi connectivity index (χ0v) is 19.4. The molecule has 10 nitrogen and oxygen atoms in total. The first-order chi connectivity index (χ1) is 15.6. The molecule has 0 saturated carbocycles. The largest absolute Gasteiger partial charge is 0.508 e. The van der Waals surface area contributed by atoms with Crippen LogP contribution in [0.4, 0.5) is 0 Å². The molecule has 0 fully saturated rings. The molecule has 0 aliphatic rings. The van der Waals surface area contributed by atoms with Crippen molar-refractivity contribution in [2.75, 3.05) is 6.54 Å². The number of amides is 3. The van der Waals surface area contributed by atoms with Gasteiger partial charge in [-0.05, 0) is 43.4 Å². The highest BCUT2D eigenvalue weighted by atomic mass is 16.3. The Morgan fingerprint density at radius 3 is 2.15 bits per heavy atom. The molecule has 0 spiro atoms. The van der Waals surface area contributed by atoms with Gasteiger partial charge in [0.2, 0.25) is 17.7 Å². The molecular formula is C23H36N4O6. The highest BCUT2D eigenvalue weighted by Gasteiger charge is 2.26. The molecule has 33 heavy (non-hydrogen) atoms. The van der Waals surface area contributed by atoms with Crippen LogP contribution < -0.4 is 21.7 Å². The second-order valence-corrected chi connectivity index (χ2v) is 8.39. The summed E-state index contributed by atoms with van der Waals surface area (Å²) < 4.78 is 0. The first-order valence-corrected chi connectivity index (χ1v) is 11.1. The summed E-state index contributed by atoms with van der Waals surface area (Å²) in [5.41, 5.74) is 6.10. The zero-order chi connectivity index (χ0) is 25.0. The highest BCUT2D eigenvalue weighted by Crippen LogP contribution is 2.15. The van der Waals surface area contributed by atoms with Gasteiger partial charge in [0.05, 0.1) is 18.2 Å². The number of phenols is 1. The Labute approximate surface area is 194 Å². The maximum absolute atomic E-state index is 12.6. The third-order valence-electron chi connectivity index (χ3n) is 5.19. The van der Waals surface area contributed by atoms with Crippen LogP contribution in [0.15, 0.2) is 24.3 Å². The second kappa shape index (κ2) is 14.2. The Balaban J connectivity index is 2.82. The number of hydrogen-bond acceptors (Lipinski definition) is 7. The van der Waals surface area contributed by atoms with Gasteiger partial charge in [-0.15, -0.1) is 0 Å². The predicted molar refractivity (Wildman–Crippen MR) is 123 cm³/mol. The molecule has 0 saturated heterocycles. The van der Waals surface area contributed by atoms with E-state index in [0.29, 0.717) is 6.29 Å². The highest BCUT2D eigenvalue weighted by molar-refractivity contribution is 5.87. The minimum Gasteiger partial charge on any atom is -0.508 e. The van der Waals surface area contributed by atoms with E-state index in [4.69, 9.17) is 5.73 Å². The summed E-state index contributed by atoms with van der Waals surface area (Å²) in [6, 6.07) is 4.11. The lowest BCUT2D eigenvalue weighted by atomic mass is 9.97. The summed E-state index contributed by atoms with van der Waals surface area (Å²) in [5.74, 6) is -1.20. The maximum Gasteiger partial charge on any atom is 0.242 e. The maximum atomic E-state index is 12.6. The number of carbonyl (C=O) groups excluding carboxylic acids is 4. The summed E-state index contributed by atoms with van der Waals surface area (Å²) in [6.45, 7) is 5.30. The molecule has 1 aromatic rings. The van der Waals surface area contributed by atoms with Crippen molar-refractivity contribution < 1.29 is 29.4 Å². The number of aromatic hydroxyl groups is 1. The Kier molecular flexibility index (Phi) is 12.1. The summed E-state index contributed by atoms with van der Waals surface area (Å²) in [7, 11) is 0. The van der Waals surface area contributed by atoms with Crippen LogP contribution in [0.5, 0.6) is 5.75 Å². The molecule has 1 aromatic carbocycles. The van der Waals surface area contributed by atoms with Crippen molar-refractivity contribution in [3.8, 4) is 5.75 Å². The number of aliphatic hydroxyl groups excluding tert-OH is 1. The Morgan fingerprint density at radius 2 is 1.61 bits per heavy atom. The van der Waals surface area contributed by atoms with Crippen molar-refractivity contribution in [3.63, 3.8) is 0 Å². The van der Waals surface area contributed by atoms with Crippen LogP contribution in [-0.4, -0.2) is 65.0 Å². The monoisotopic (exact) mass is 464 g/mol. The molecule has 4 atom stereocenters. The van der Waals surface area contributed by atoms with Gasteiger partial charge in [0, 0.05) is 19.4 Å². The lowest BCUT2D eigenvalue weighted by Crippen LogP contribution is -2.52. The molecule has 0 heterocycles. The van der Waals surface area contributed by atoms with Crippen LogP contribution in [0.1, 0.15) is 45.6 Å². The van der Waals surface area contributed by atoms with Crippen LogP contribution in [0.3, 0.4) is 0 Å². The van der Waals surface area contributed by atoms with Gasteiger partial charge in [-0.25, -0.2) is 0 Å². The van der Waals surface area contributed by atoms with Crippen molar-refractivity contribution in [2.24, 2.45) is 11.7 Å². The van der Waals surface area contributed by atoms with Crippen molar-refractivity contribution in [1.29, 1.82) is 0 Å². The number of phenolic OH excluding ortho intramolecular Hbond substituents is 1. The zero-order valence-electron chi connectivity index (χ0n) is 19.4. The first kappa shape index (κ1) is 28.1. The molecule has 2 unspecified atom stereocenters. The Hall–Kier alpha value is -2.98. The fraction of sp³-hybridized carbons (Fsp3) is 0.565. The molecule has 0 radical (unpaired) electrons. The molecular weight excluding hydrogens is 428 g/mol. The number of rotatable bonds is 14. The summed E-state index contributed by atoms with van der Waals surface area (Å²) in [6.07, 6.45) is -0.0666. The van der Waals surface area contributed by atoms with Crippen LogP contribution in [-0.2, 0) is 25.6 Å². The normalized spacial score (nSPS) is 14.6. The number of nitrogens with one attached hydrogen (secondary N) is 3. The minimum absolute atomic E-state index is 0.0387. The van der Waals surface area contributed by atoms with Crippen LogP contribution in [0.2, 0.25) is 0 Å². The second-order valence-electron chi connectivity index (χ2n) is 8.39. The van der Waals surface area contributed by atoms with E-state index < -0.39 is 30.1 Å². The fourth-order valence-electron chi connectivity index (χ4n) is 3.08. The third kappa shape index (κ3) is 10.5. The molecule has 7 N–H and O–H groups in total. The number of aldehydes is 1. The summed E-state index contributed by atoms with van der Waals surface area (Å²) in [5, 5.41) is 28.1. The number of carbonyl (C=O) groups is 4. The van der Waals surface area contributed by atoms with E-state index in [1.165, 1.54) is 19.1 Å². The number of hydrogen-bond donors (Lipinski definition) is 6. The van der Waals surface area contributed by atoms with Crippen LogP contribution >= 0.6 is 0 Å². The molecule has 3 amide bonds. The Morgan fingerprint density at radius 1 is 1.00 bits per heavy atom. The molecule has 10 heteroatoms. The minimum atomic E-state index is -1.07. The summed E-state index contributed by atoms with van der Waals surface area (Å²) in [4.78, 5) is 47.6. The van der Waals surface area contributed by atoms with E-state index in [9.17, 15) is 29.4 Å². The van der Waals surface area contributed by atoms with E-state index in [-0.39, 0.29) is 55.7 Å². The van der Waals surface area contributed by atoms with Crippen molar-refractivity contribution in [1.82, 2.24) is 16.0 Å². The standard InChI is InChI=1S/C23H36N4O6/c1-14(2)19(13-28)26-21(31)9-8-20(30)18(12-16-4-6-17(29)7-5-16)27-23(33)15(3)25-22(32)10-11-24/h4-7,13-15,18-20,29-30H,8-12,24H2,1-3H3,(H,25,32)(H,26,31)(H,27,33)/t15?,18-,19?,20-/m0/s1. The lowest BCUT2D eigenvalue weighted by molar-refractivity contribution is -0.129. The number of aliphatic hydroxyl groups is 1. The van der Waals surface area contributed by atoms with Crippen LogP contribution in [0.25, 0.3) is 0 Å². The van der Waals surface area contributed by atoms with E-state index in [1.54, 1.807) is 12.1 Å². The van der Waals surface area contributed by atoms with Crippen molar-refractivity contribution in [2.45, 2.75) is 70.7 Å². The average Bonchev–Trinajstić information content (AvgIpc) is 2.76. The Bertz CT molecular complexity index is 784. The van der Waals surface area contributed by atoms with Gasteiger partial charge in [0.15, 0.2) is 0 Å². The SMILES string of the molecule is CC(NC(=O)CCN)C(=O)N[C@@H](Cc1ccc(O)cc1)[C@@H](O)CCC(=O)NC(C=O)C(C)C. The van der Waals surface area contributed by atoms with E-state index in [1.807, 2.05) is 13.8 Å². The van der Waals surface area contributed by atoms with Gasteiger partial charge in [0.1, 0.15) is 18.1 Å². The first-order valence-electron chi connectivity index (χ1n) is 11.1.